The van der Waals surface area contributed by atoms with Gasteiger partial charge in [0.25, 0.3) is 0 Å². The molecule has 6 nitrogen and oxygen atoms in total. The van der Waals surface area contributed by atoms with Gasteiger partial charge in [0.15, 0.2) is 6.61 Å². The average molecular weight is 541 g/mol. The summed E-state index contributed by atoms with van der Waals surface area (Å²) in [7, 11) is 0. The lowest BCUT2D eigenvalue weighted by Gasteiger charge is -2.28. The number of benzene rings is 1. The third kappa shape index (κ3) is 3.55. The second-order valence-electron chi connectivity index (χ2n) is 8.48. The summed E-state index contributed by atoms with van der Waals surface area (Å²) >= 11 is 7.31. The Balaban J connectivity index is 1.31. The average Bonchev–Trinajstić information content (AvgIpc) is 3.31. The molecule has 0 N–H and O–H groups in total. The van der Waals surface area contributed by atoms with Crippen molar-refractivity contribution in [2.45, 2.75) is 36.3 Å². The van der Waals surface area contributed by atoms with Gasteiger partial charge in [0.2, 0.25) is 17.6 Å². The third-order valence-electron chi connectivity index (χ3n) is 6.68. The van der Waals surface area contributed by atoms with E-state index >= 15 is 0 Å². The van der Waals surface area contributed by atoms with E-state index < -0.39 is 5.97 Å². The molecular weight excluding hydrogens is 518 g/mol. The van der Waals surface area contributed by atoms with Crippen LogP contribution in [0, 0.1) is 37.5 Å². The maximum Gasteiger partial charge on any atom is 0.308 e. The van der Waals surface area contributed by atoms with Crippen molar-refractivity contribution in [2.24, 2.45) is 23.7 Å². The quantitative estimate of drug-likeness (QED) is 0.239. The minimum Gasteiger partial charge on any atom is -0.457 e. The van der Waals surface area contributed by atoms with E-state index in [1.807, 2.05) is 26.0 Å². The second kappa shape index (κ2) is 8.19. The number of aryl methyl sites for hydroxylation is 2. The fourth-order valence-electron chi connectivity index (χ4n) is 5.17. The highest BCUT2D eigenvalue weighted by molar-refractivity contribution is 9.12. The number of likely N-dealkylation sites (tertiary alicyclic amines) is 1. The minimum atomic E-state index is -0.592. The number of Topliss-reactive ketones (excluding diaryl/α,β-unsaturated/α-hetero) is 1. The molecule has 1 saturated heterocycles. The number of fused-ring (bicyclic) bond motifs is 5. The number of halogens is 2. The summed E-state index contributed by atoms with van der Waals surface area (Å²) in [5.41, 5.74) is 2.31. The molecule has 3 fully saturated rings. The van der Waals surface area contributed by atoms with E-state index in [1.54, 1.807) is 6.07 Å². The molecule has 0 spiro atoms. The van der Waals surface area contributed by atoms with Gasteiger partial charge < -0.3 is 4.74 Å². The molecule has 4 rings (SSSR count). The Hall–Kier alpha value is -1.54. The molecule has 160 valence electrons. The zero-order valence-electron chi connectivity index (χ0n) is 16.8. The fourth-order valence-corrected chi connectivity index (χ4v) is 7.04. The molecule has 1 aromatic rings. The Bertz CT molecular complexity index is 900. The van der Waals surface area contributed by atoms with E-state index in [-0.39, 0.29) is 70.5 Å². The van der Waals surface area contributed by atoms with Crippen LogP contribution in [-0.4, -0.2) is 51.3 Å². The standard InChI is InChI=1S/C22H23Br2NO5/c1-10-3-4-11(2)12(7-10)15(26)9-30-16(27)5-6-25-21(28)17-13-8-14(18(17)22(25)29)20(24)19(13)23/h3-4,7,13-14,17-20H,5-6,8-9H2,1-2H3/t13-,14-,17-,18+,19-,20+/m1/s1. The number of hydrogen-bond acceptors (Lipinski definition) is 5. The monoisotopic (exact) mass is 539 g/mol. The van der Waals surface area contributed by atoms with Crippen LogP contribution in [0.4, 0.5) is 0 Å². The van der Waals surface area contributed by atoms with Crippen LogP contribution < -0.4 is 0 Å². The largest absolute Gasteiger partial charge is 0.457 e. The third-order valence-corrected chi connectivity index (χ3v) is 9.88. The van der Waals surface area contributed by atoms with Gasteiger partial charge in [-0.25, -0.2) is 0 Å². The molecule has 1 aromatic carbocycles. The Labute approximate surface area is 192 Å². The van der Waals surface area contributed by atoms with Crippen LogP contribution in [0.15, 0.2) is 18.2 Å². The lowest BCUT2D eigenvalue weighted by molar-refractivity contribution is -0.145. The molecule has 2 amide bonds. The van der Waals surface area contributed by atoms with E-state index in [4.69, 9.17) is 4.74 Å². The topological polar surface area (TPSA) is 80.8 Å². The highest BCUT2D eigenvalue weighted by atomic mass is 79.9. The maximum atomic E-state index is 12.8. The smallest absolute Gasteiger partial charge is 0.308 e. The molecule has 0 unspecified atom stereocenters. The number of ketones is 1. The van der Waals surface area contributed by atoms with Gasteiger partial charge in [0.05, 0.1) is 18.3 Å². The van der Waals surface area contributed by atoms with Gasteiger partial charge in [0, 0.05) is 21.8 Å². The van der Waals surface area contributed by atoms with Crippen molar-refractivity contribution in [1.29, 1.82) is 0 Å². The predicted octanol–water partition coefficient (Wildman–Crippen LogP) is 3.20. The maximum absolute atomic E-state index is 12.8. The summed E-state index contributed by atoms with van der Waals surface area (Å²) in [6.45, 7) is 3.37. The van der Waals surface area contributed by atoms with Gasteiger partial charge in [-0.1, -0.05) is 49.6 Å². The number of amides is 2. The van der Waals surface area contributed by atoms with E-state index in [9.17, 15) is 19.2 Å². The molecule has 2 bridgehead atoms. The molecular formula is C22H23Br2NO5. The highest BCUT2D eigenvalue weighted by Crippen LogP contribution is 2.60. The zero-order chi connectivity index (χ0) is 21.7. The number of ether oxygens (including phenoxy) is 1. The normalized spacial score (nSPS) is 31.9. The number of carbonyl (C=O) groups is 4. The van der Waals surface area contributed by atoms with Crippen molar-refractivity contribution in [3.8, 4) is 0 Å². The number of hydrogen-bond donors (Lipinski definition) is 0. The second-order valence-corrected chi connectivity index (χ2v) is 10.6. The minimum absolute atomic E-state index is 0.000504. The first-order valence-corrected chi connectivity index (χ1v) is 11.9. The Morgan fingerprint density at radius 1 is 1.07 bits per heavy atom. The van der Waals surface area contributed by atoms with E-state index in [1.165, 1.54) is 4.90 Å². The summed E-state index contributed by atoms with van der Waals surface area (Å²) in [4.78, 5) is 51.8. The molecule has 30 heavy (non-hydrogen) atoms. The molecule has 1 aliphatic heterocycles. The van der Waals surface area contributed by atoms with Gasteiger partial charge in [-0.05, 0) is 43.7 Å². The molecule has 6 atom stereocenters. The van der Waals surface area contributed by atoms with Crippen LogP contribution in [0.3, 0.4) is 0 Å². The molecule has 1 heterocycles. The first-order valence-electron chi connectivity index (χ1n) is 10.1. The van der Waals surface area contributed by atoms with Gasteiger partial charge >= 0.3 is 5.97 Å². The first-order chi connectivity index (χ1) is 14.2. The van der Waals surface area contributed by atoms with Crippen molar-refractivity contribution in [2.75, 3.05) is 13.2 Å². The van der Waals surface area contributed by atoms with Crippen LogP contribution in [0.25, 0.3) is 0 Å². The van der Waals surface area contributed by atoms with Gasteiger partial charge in [0.1, 0.15) is 0 Å². The van der Waals surface area contributed by atoms with Gasteiger partial charge in [-0.15, -0.1) is 0 Å². The summed E-state index contributed by atoms with van der Waals surface area (Å²) in [5, 5.41) is 0. The van der Waals surface area contributed by atoms with Crippen LogP contribution in [-0.2, 0) is 19.1 Å². The van der Waals surface area contributed by atoms with Crippen LogP contribution in [0.5, 0.6) is 0 Å². The summed E-state index contributed by atoms with van der Waals surface area (Å²) in [6, 6.07) is 5.54. The lowest BCUT2D eigenvalue weighted by atomic mass is 9.81. The SMILES string of the molecule is Cc1ccc(C)c(C(=O)COC(=O)CCN2C(=O)[C@@H]3[C@H]4C[C@@H]([C@H](Br)[C@@H]4Br)[C@@H]3C2=O)c1. The molecule has 0 radical (unpaired) electrons. The molecule has 0 aromatic heterocycles. The molecule has 3 aliphatic rings. The predicted molar refractivity (Wildman–Crippen MR) is 117 cm³/mol. The number of rotatable bonds is 6. The highest BCUT2D eigenvalue weighted by Gasteiger charge is 2.66. The van der Waals surface area contributed by atoms with Crippen molar-refractivity contribution in [3.05, 3.63) is 34.9 Å². The van der Waals surface area contributed by atoms with Crippen molar-refractivity contribution >= 4 is 55.4 Å². The van der Waals surface area contributed by atoms with E-state index in [2.05, 4.69) is 31.9 Å². The first kappa shape index (κ1) is 21.7. The molecule has 2 aliphatic carbocycles. The summed E-state index contributed by atoms with van der Waals surface area (Å²) < 4.78 is 5.11. The Morgan fingerprint density at radius 2 is 1.67 bits per heavy atom. The number of imide groups is 1. The summed E-state index contributed by atoms with van der Waals surface area (Å²) in [6.07, 6.45) is 0.761. The number of carbonyl (C=O) groups excluding carboxylic acids is 4. The number of nitrogens with zero attached hydrogens (tertiary/aromatic N) is 1. The molecule has 8 heteroatoms. The Morgan fingerprint density at radius 3 is 2.27 bits per heavy atom. The van der Waals surface area contributed by atoms with E-state index in [0.29, 0.717) is 5.56 Å². The Kier molecular flexibility index (Phi) is 5.92. The van der Waals surface area contributed by atoms with Crippen LogP contribution in [0.2, 0.25) is 0 Å². The fraction of sp³-hybridized carbons (Fsp3) is 0.545. The zero-order valence-corrected chi connectivity index (χ0v) is 19.9. The number of esters is 1. The van der Waals surface area contributed by atoms with Gasteiger partial charge in [-0.2, -0.15) is 0 Å². The van der Waals surface area contributed by atoms with Crippen molar-refractivity contribution in [3.63, 3.8) is 0 Å². The number of alkyl halides is 2. The lowest BCUT2D eigenvalue weighted by Crippen LogP contribution is -2.37. The molecule has 2 saturated carbocycles. The van der Waals surface area contributed by atoms with Crippen LogP contribution in [0.1, 0.15) is 34.3 Å². The van der Waals surface area contributed by atoms with Crippen molar-refractivity contribution in [1.82, 2.24) is 4.90 Å². The van der Waals surface area contributed by atoms with E-state index in [0.717, 1.165) is 17.5 Å². The van der Waals surface area contributed by atoms with Crippen molar-refractivity contribution < 1.29 is 23.9 Å². The van der Waals surface area contributed by atoms with Gasteiger partial charge in [-0.3, -0.25) is 24.1 Å². The van der Waals surface area contributed by atoms with Crippen LogP contribution >= 0.6 is 31.9 Å². The summed E-state index contributed by atoms with van der Waals surface area (Å²) in [5.74, 6) is -1.51.